The summed E-state index contributed by atoms with van der Waals surface area (Å²) >= 11 is 0. The van der Waals surface area contributed by atoms with Crippen molar-refractivity contribution in [2.45, 2.75) is 20.8 Å². The highest BCUT2D eigenvalue weighted by atomic mass is 16.5. The summed E-state index contributed by atoms with van der Waals surface area (Å²) in [6.07, 6.45) is 0. The SMILES string of the molecule is CCN1C(=O)C(Nc2ccc(C)c(C)c2)=C(c2ccccc2OC)C1=O. The molecule has 1 aliphatic heterocycles. The number of carbonyl (C=O) groups is 2. The molecule has 0 saturated heterocycles. The van der Waals surface area contributed by atoms with Gasteiger partial charge in [0.2, 0.25) is 0 Å². The molecule has 5 heteroatoms. The lowest BCUT2D eigenvalue weighted by atomic mass is 10.0. The molecule has 3 rings (SSSR count). The fourth-order valence-electron chi connectivity index (χ4n) is 3.04. The van der Waals surface area contributed by atoms with Gasteiger partial charge in [0.15, 0.2) is 0 Å². The first kappa shape index (κ1) is 17.7. The van der Waals surface area contributed by atoms with Crippen molar-refractivity contribution < 1.29 is 14.3 Å². The van der Waals surface area contributed by atoms with Gasteiger partial charge in [-0.05, 0) is 50.1 Å². The fourth-order valence-corrected chi connectivity index (χ4v) is 3.04. The minimum atomic E-state index is -0.323. The molecule has 0 unspecified atom stereocenters. The Kier molecular flexibility index (Phi) is 4.80. The molecule has 0 bridgehead atoms. The Morgan fingerprint density at radius 1 is 1.00 bits per heavy atom. The summed E-state index contributed by atoms with van der Waals surface area (Å²) in [6.45, 7) is 6.14. The number of methoxy groups -OCH3 is 1. The van der Waals surface area contributed by atoms with Crippen LogP contribution in [0.2, 0.25) is 0 Å². The predicted molar refractivity (Wildman–Crippen MR) is 102 cm³/mol. The molecule has 2 amide bonds. The molecule has 26 heavy (non-hydrogen) atoms. The van der Waals surface area contributed by atoms with E-state index in [-0.39, 0.29) is 17.5 Å². The molecule has 2 aromatic rings. The standard InChI is InChI=1S/C21H22N2O3/c1-5-23-20(24)18(16-8-6-7-9-17(16)26-4)19(21(23)25)22-15-11-10-13(2)14(3)12-15/h6-12,22H,5H2,1-4H3. The summed E-state index contributed by atoms with van der Waals surface area (Å²) in [5, 5.41) is 3.17. The Morgan fingerprint density at radius 2 is 1.73 bits per heavy atom. The molecule has 0 aromatic heterocycles. The molecule has 1 aliphatic rings. The van der Waals surface area contributed by atoms with E-state index in [1.165, 1.54) is 10.5 Å². The van der Waals surface area contributed by atoms with E-state index in [2.05, 4.69) is 5.32 Å². The number of para-hydroxylation sites is 1. The first-order valence-corrected chi connectivity index (χ1v) is 8.56. The van der Waals surface area contributed by atoms with Crippen molar-refractivity contribution >= 4 is 23.1 Å². The van der Waals surface area contributed by atoms with Crippen LogP contribution in [0.1, 0.15) is 23.6 Å². The van der Waals surface area contributed by atoms with E-state index >= 15 is 0 Å². The van der Waals surface area contributed by atoms with Crippen molar-refractivity contribution in [1.29, 1.82) is 0 Å². The van der Waals surface area contributed by atoms with E-state index in [9.17, 15) is 9.59 Å². The van der Waals surface area contributed by atoms with Crippen molar-refractivity contribution in [2.75, 3.05) is 19.0 Å². The van der Waals surface area contributed by atoms with Gasteiger partial charge >= 0.3 is 0 Å². The van der Waals surface area contributed by atoms with Gasteiger partial charge in [-0.25, -0.2) is 0 Å². The van der Waals surface area contributed by atoms with Crippen molar-refractivity contribution in [1.82, 2.24) is 4.90 Å². The number of rotatable bonds is 5. The molecule has 1 heterocycles. The molecule has 0 radical (unpaired) electrons. The Labute approximate surface area is 153 Å². The topological polar surface area (TPSA) is 58.6 Å². The van der Waals surface area contributed by atoms with Crippen molar-refractivity contribution in [3.8, 4) is 5.75 Å². The van der Waals surface area contributed by atoms with Crippen molar-refractivity contribution in [3.63, 3.8) is 0 Å². The van der Waals surface area contributed by atoms with Crippen LogP contribution >= 0.6 is 0 Å². The number of imide groups is 1. The second kappa shape index (κ2) is 7.04. The van der Waals surface area contributed by atoms with E-state index in [1.807, 2.05) is 44.2 Å². The number of nitrogens with zero attached hydrogens (tertiary/aromatic N) is 1. The summed E-state index contributed by atoms with van der Waals surface area (Å²) in [4.78, 5) is 27.0. The highest BCUT2D eigenvalue weighted by Crippen LogP contribution is 2.35. The number of nitrogens with one attached hydrogen (secondary N) is 1. The average Bonchev–Trinajstić information content (AvgIpc) is 2.87. The number of likely N-dealkylation sites (N-methyl/N-ethyl adjacent to an activating group) is 1. The fraction of sp³-hybridized carbons (Fsp3) is 0.238. The van der Waals surface area contributed by atoms with E-state index in [1.54, 1.807) is 26.2 Å². The lowest BCUT2D eigenvalue weighted by Gasteiger charge is -2.12. The largest absolute Gasteiger partial charge is 0.496 e. The third kappa shape index (κ3) is 2.96. The zero-order chi connectivity index (χ0) is 18.8. The molecule has 0 saturated carbocycles. The second-order valence-electron chi connectivity index (χ2n) is 6.23. The van der Waals surface area contributed by atoms with Gasteiger partial charge < -0.3 is 10.1 Å². The third-order valence-electron chi connectivity index (χ3n) is 4.64. The molecule has 0 atom stereocenters. The quantitative estimate of drug-likeness (QED) is 0.838. The van der Waals surface area contributed by atoms with Gasteiger partial charge in [0, 0.05) is 17.8 Å². The number of anilines is 1. The maximum atomic E-state index is 12.9. The molecule has 1 N–H and O–H groups in total. The van der Waals surface area contributed by atoms with Gasteiger partial charge in [0.25, 0.3) is 11.8 Å². The number of aryl methyl sites for hydroxylation is 2. The highest BCUT2D eigenvalue weighted by Gasteiger charge is 2.39. The van der Waals surface area contributed by atoms with Gasteiger partial charge in [-0.2, -0.15) is 0 Å². The Morgan fingerprint density at radius 3 is 2.38 bits per heavy atom. The zero-order valence-electron chi connectivity index (χ0n) is 15.4. The van der Waals surface area contributed by atoms with E-state index in [0.717, 1.165) is 11.3 Å². The van der Waals surface area contributed by atoms with Crippen LogP contribution in [0, 0.1) is 13.8 Å². The smallest absolute Gasteiger partial charge is 0.278 e. The van der Waals surface area contributed by atoms with Crippen LogP contribution in [0.3, 0.4) is 0 Å². The van der Waals surface area contributed by atoms with E-state index in [4.69, 9.17) is 4.74 Å². The number of hydrogen-bond acceptors (Lipinski definition) is 4. The zero-order valence-corrected chi connectivity index (χ0v) is 15.4. The molecular weight excluding hydrogens is 328 g/mol. The van der Waals surface area contributed by atoms with Gasteiger partial charge in [-0.15, -0.1) is 0 Å². The number of carbonyl (C=O) groups excluding carboxylic acids is 2. The minimum absolute atomic E-state index is 0.282. The van der Waals surface area contributed by atoms with Gasteiger partial charge in [0.05, 0.1) is 12.7 Å². The average molecular weight is 350 g/mol. The summed E-state index contributed by atoms with van der Waals surface area (Å²) in [7, 11) is 1.55. The molecule has 2 aromatic carbocycles. The van der Waals surface area contributed by atoms with Crippen LogP contribution in [-0.4, -0.2) is 30.4 Å². The molecule has 0 spiro atoms. The van der Waals surface area contributed by atoms with Crippen molar-refractivity contribution in [3.05, 3.63) is 64.9 Å². The first-order valence-electron chi connectivity index (χ1n) is 8.56. The predicted octanol–water partition coefficient (Wildman–Crippen LogP) is 3.52. The highest BCUT2D eigenvalue weighted by molar-refractivity contribution is 6.37. The lowest BCUT2D eigenvalue weighted by Crippen LogP contribution is -2.32. The Bertz CT molecular complexity index is 915. The first-order chi connectivity index (χ1) is 12.5. The maximum Gasteiger partial charge on any atom is 0.278 e. The number of amides is 2. The second-order valence-corrected chi connectivity index (χ2v) is 6.23. The summed E-state index contributed by atoms with van der Waals surface area (Å²) in [5.74, 6) is -0.0778. The number of ether oxygens (including phenoxy) is 1. The number of hydrogen-bond donors (Lipinski definition) is 1. The van der Waals surface area contributed by atoms with Crippen LogP contribution < -0.4 is 10.1 Å². The van der Waals surface area contributed by atoms with Crippen LogP contribution in [0.15, 0.2) is 48.2 Å². The molecule has 0 fully saturated rings. The Balaban J connectivity index is 2.14. The Hall–Kier alpha value is -3.08. The normalized spacial score (nSPS) is 14.2. The lowest BCUT2D eigenvalue weighted by molar-refractivity contribution is -0.136. The van der Waals surface area contributed by atoms with Gasteiger partial charge in [-0.1, -0.05) is 24.3 Å². The summed E-state index contributed by atoms with van der Waals surface area (Å²) < 4.78 is 5.40. The molecular formula is C21H22N2O3. The number of benzene rings is 2. The molecule has 134 valence electrons. The molecule has 5 nitrogen and oxygen atoms in total. The summed E-state index contributed by atoms with van der Waals surface area (Å²) in [5.41, 5.74) is 4.28. The molecule has 0 aliphatic carbocycles. The van der Waals surface area contributed by atoms with Crippen molar-refractivity contribution in [2.24, 2.45) is 0 Å². The van der Waals surface area contributed by atoms with Crippen LogP contribution in [-0.2, 0) is 9.59 Å². The van der Waals surface area contributed by atoms with Crippen LogP contribution in [0.5, 0.6) is 5.75 Å². The van der Waals surface area contributed by atoms with Gasteiger partial charge in [-0.3, -0.25) is 14.5 Å². The van der Waals surface area contributed by atoms with E-state index < -0.39 is 0 Å². The van der Waals surface area contributed by atoms with Crippen LogP contribution in [0.25, 0.3) is 5.57 Å². The monoisotopic (exact) mass is 350 g/mol. The maximum absolute atomic E-state index is 12.9. The van der Waals surface area contributed by atoms with E-state index in [0.29, 0.717) is 23.4 Å². The third-order valence-corrected chi connectivity index (χ3v) is 4.64. The summed E-state index contributed by atoms with van der Waals surface area (Å²) in [6, 6.07) is 13.1. The van der Waals surface area contributed by atoms with Gasteiger partial charge in [0.1, 0.15) is 11.4 Å². The minimum Gasteiger partial charge on any atom is -0.496 e. The van der Waals surface area contributed by atoms with Crippen LogP contribution in [0.4, 0.5) is 5.69 Å².